The third-order valence-corrected chi connectivity index (χ3v) is 6.96. The van der Waals surface area contributed by atoms with Crippen LogP contribution in [0, 0.1) is 13.8 Å². The number of rotatable bonds is 5. The van der Waals surface area contributed by atoms with Gasteiger partial charge in [-0.15, -0.1) is 0 Å². The molecule has 1 amide bonds. The average molecular weight is 402 g/mol. The molecule has 1 heterocycles. The van der Waals surface area contributed by atoms with E-state index in [4.69, 9.17) is 4.74 Å². The highest BCUT2D eigenvalue weighted by atomic mass is 32.2. The fraction of sp³-hybridized carbons (Fsp3) is 0.409. The van der Waals surface area contributed by atoms with Crippen molar-refractivity contribution in [1.29, 1.82) is 0 Å². The Labute approximate surface area is 167 Å². The van der Waals surface area contributed by atoms with Gasteiger partial charge in [-0.2, -0.15) is 0 Å². The zero-order valence-electron chi connectivity index (χ0n) is 16.6. The van der Waals surface area contributed by atoms with Crippen molar-refractivity contribution in [1.82, 2.24) is 4.90 Å². The molecule has 1 aliphatic rings. The maximum atomic E-state index is 12.7. The van der Waals surface area contributed by atoms with Crippen molar-refractivity contribution >= 4 is 15.7 Å². The minimum atomic E-state index is -3.25. The molecule has 0 bridgehead atoms. The zero-order chi connectivity index (χ0) is 20.3. The molecule has 150 valence electrons. The van der Waals surface area contributed by atoms with Crippen molar-refractivity contribution in [3.63, 3.8) is 0 Å². The number of carbonyl (C=O) groups is 1. The fourth-order valence-corrected chi connectivity index (χ4v) is 4.23. The van der Waals surface area contributed by atoms with E-state index in [0.29, 0.717) is 18.7 Å². The average Bonchev–Trinajstić information content (AvgIpc) is 2.71. The van der Waals surface area contributed by atoms with Gasteiger partial charge in [-0.3, -0.25) is 4.79 Å². The normalized spacial score (nSPS) is 15.5. The van der Waals surface area contributed by atoms with Gasteiger partial charge in [0.25, 0.3) is 5.91 Å². The summed E-state index contributed by atoms with van der Waals surface area (Å²) in [6.45, 7) is 6.95. The number of benzene rings is 2. The van der Waals surface area contributed by atoms with Crippen LogP contribution in [0.1, 0.15) is 41.3 Å². The molecular weight excluding hydrogens is 374 g/mol. The zero-order valence-corrected chi connectivity index (χ0v) is 17.5. The molecule has 0 aliphatic carbocycles. The largest absolute Gasteiger partial charge is 0.490 e. The Bertz CT molecular complexity index is 943. The van der Waals surface area contributed by atoms with E-state index in [1.54, 1.807) is 19.1 Å². The molecule has 0 aromatic heterocycles. The Morgan fingerprint density at radius 1 is 1.07 bits per heavy atom. The molecule has 1 aliphatic heterocycles. The molecule has 1 fully saturated rings. The van der Waals surface area contributed by atoms with Crippen LogP contribution in [0.25, 0.3) is 0 Å². The summed E-state index contributed by atoms with van der Waals surface area (Å²) in [5.41, 5.74) is 2.80. The Morgan fingerprint density at radius 3 is 2.32 bits per heavy atom. The topological polar surface area (TPSA) is 63.7 Å². The SMILES string of the molecule is CCS(=O)(=O)c1ccc(C(=O)N2CCC(Oc3cc(C)ccc3C)CC2)cc1. The van der Waals surface area contributed by atoms with Crippen molar-refractivity contribution in [3.8, 4) is 5.75 Å². The van der Waals surface area contributed by atoms with Crippen LogP contribution in [0.3, 0.4) is 0 Å². The second-order valence-corrected chi connectivity index (χ2v) is 9.58. The lowest BCUT2D eigenvalue weighted by Gasteiger charge is -2.32. The maximum absolute atomic E-state index is 12.7. The summed E-state index contributed by atoms with van der Waals surface area (Å²) in [5, 5.41) is 0. The first-order valence-electron chi connectivity index (χ1n) is 9.66. The number of amides is 1. The predicted octanol–water partition coefficient (Wildman–Crippen LogP) is 3.78. The van der Waals surface area contributed by atoms with E-state index < -0.39 is 9.84 Å². The van der Waals surface area contributed by atoms with Crippen molar-refractivity contribution in [2.45, 2.75) is 44.6 Å². The van der Waals surface area contributed by atoms with Crippen LogP contribution in [0.5, 0.6) is 5.75 Å². The highest BCUT2D eigenvalue weighted by Crippen LogP contribution is 2.24. The molecule has 28 heavy (non-hydrogen) atoms. The maximum Gasteiger partial charge on any atom is 0.253 e. The van der Waals surface area contributed by atoms with Crippen molar-refractivity contribution in [2.75, 3.05) is 18.8 Å². The molecule has 0 N–H and O–H groups in total. The summed E-state index contributed by atoms with van der Waals surface area (Å²) in [5.74, 6) is 0.900. The number of likely N-dealkylation sites (tertiary alicyclic amines) is 1. The summed E-state index contributed by atoms with van der Waals surface area (Å²) in [6.07, 6.45) is 1.66. The van der Waals surface area contributed by atoms with Gasteiger partial charge in [0.2, 0.25) is 0 Å². The van der Waals surface area contributed by atoms with Gasteiger partial charge in [-0.05, 0) is 55.3 Å². The quantitative estimate of drug-likeness (QED) is 0.765. The summed E-state index contributed by atoms with van der Waals surface area (Å²) in [6, 6.07) is 12.4. The monoisotopic (exact) mass is 401 g/mol. The van der Waals surface area contributed by atoms with E-state index in [-0.39, 0.29) is 22.7 Å². The van der Waals surface area contributed by atoms with E-state index >= 15 is 0 Å². The molecule has 2 aromatic carbocycles. The highest BCUT2D eigenvalue weighted by Gasteiger charge is 2.25. The molecule has 0 radical (unpaired) electrons. The standard InChI is InChI=1S/C22H27NO4S/c1-4-28(25,26)20-9-7-18(8-10-20)22(24)23-13-11-19(12-14-23)27-21-15-16(2)5-6-17(21)3/h5-10,15,19H,4,11-14H2,1-3H3. The molecule has 0 saturated carbocycles. The van der Waals surface area contributed by atoms with Gasteiger partial charge >= 0.3 is 0 Å². The first kappa shape index (κ1) is 20.4. The van der Waals surface area contributed by atoms with Gasteiger partial charge < -0.3 is 9.64 Å². The number of nitrogens with zero attached hydrogens (tertiary/aromatic N) is 1. The van der Waals surface area contributed by atoms with Crippen molar-refractivity contribution in [3.05, 3.63) is 59.2 Å². The summed E-state index contributed by atoms with van der Waals surface area (Å²) >= 11 is 0. The van der Waals surface area contributed by atoms with E-state index in [0.717, 1.165) is 24.2 Å². The number of piperidine rings is 1. The van der Waals surface area contributed by atoms with Crippen LogP contribution in [0.15, 0.2) is 47.4 Å². The molecule has 1 saturated heterocycles. The number of ether oxygens (including phenoxy) is 1. The molecule has 0 unspecified atom stereocenters. The molecule has 3 rings (SSSR count). The Balaban J connectivity index is 1.60. The van der Waals surface area contributed by atoms with Crippen LogP contribution >= 0.6 is 0 Å². The Morgan fingerprint density at radius 2 is 1.71 bits per heavy atom. The molecule has 5 nitrogen and oxygen atoms in total. The van der Waals surface area contributed by atoms with E-state index in [1.807, 2.05) is 18.7 Å². The molecule has 6 heteroatoms. The third kappa shape index (κ3) is 4.55. The van der Waals surface area contributed by atoms with Crippen LogP contribution in [-0.2, 0) is 9.84 Å². The lowest BCUT2D eigenvalue weighted by molar-refractivity contribution is 0.0594. The number of carbonyl (C=O) groups excluding carboxylic acids is 1. The Hall–Kier alpha value is -2.34. The van der Waals surface area contributed by atoms with Gasteiger partial charge in [-0.1, -0.05) is 19.1 Å². The number of hydrogen-bond donors (Lipinski definition) is 0. The first-order valence-corrected chi connectivity index (χ1v) is 11.3. The van der Waals surface area contributed by atoms with Crippen LogP contribution in [0.2, 0.25) is 0 Å². The Kier molecular flexibility index (Phi) is 6.08. The minimum Gasteiger partial charge on any atom is -0.490 e. The molecular formula is C22H27NO4S. The van der Waals surface area contributed by atoms with Crippen molar-refractivity contribution < 1.29 is 17.9 Å². The van der Waals surface area contributed by atoms with Crippen LogP contribution in [0.4, 0.5) is 0 Å². The first-order chi connectivity index (χ1) is 13.3. The summed E-state index contributed by atoms with van der Waals surface area (Å²) in [7, 11) is -3.25. The van der Waals surface area contributed by atoms with Gasteiger partial charge in [0.15, 0.2) is 9.84 Å². The summed E-state index contributed by atoms with van der Waals surface area (Å²) < 4.78 is 30.0. The highest BCUT2D eigenvalue weighted by molar-refractivity contribution is 7.91. The van der Waals surface area contributed by atoms with Crippen LogP contribution < -0.4 is 4.74 Å². The summed E-state index contributed by atoms with van der Waals surface area (Å²) in [4.78, 5) is 14.8. The molecule has 2 aromatic rings. The smallest absolute Gasteiger partial charge is 0.253 e. The van der Waals surface area contributed by atoms with Gasteiger partial charge in [0.1, 0.15) is 11.9 Å². The fourth-order valence-electron chi connectivity index (χ4n) is 3.34. The number of sulfone groups is 1. The lowest BCUT2D eigenvalue weighted by atomic mass is 10.1. The van der Waals surface area contributed by atoms with Gasteiger partial charge in [0, 0.05) is 31.5 Å². The second-order valence-electron chi connectivity index (χ2n) is 7.31. The molecule has 0 atom stereocenters. The van der Waals surface area contributed by atoms with Gasteiger partial charge in [0.05, 0.1) is 10.6 Å². The minimum absolute atomic E-state index is 0.0498. The van der Waals surface area contributed by atoms with Gasteiger partial charge in [-0.25, -0.2) is 8.42 Å². The predicted molar refractivity (Wildman–Crippen MR) is 110 cm³/mol. The molecule has 0 spiro atoms. The van der Waals surface area contributed by atoms with E-state index in [9.17, 15) is 13.2 Å². The third-order valence-electron chi connectivity index (χ3n) is 5.21. The lowest BCUT2D eigenvalue weighted by Crippen LogP contribution is -2.41. The van der Waals surface area contributed by atoms with Crippen LogP contribution in [-0.4, -0.2) is 44.2 Å². The van der Waals surface area contributed by atoms with Crippen molar-refractivity contribution in [2.24, 2.45) is 0 Å². The van der Waals surface area contributed by atoms with E-state index in [1.165, 1.54) is 17.7 Å². The number of aryl methyl sites for hydroxylation is 2. The number of hydrogen-bond acceptors (Lipinski definition) is 4. The van der Waals surface area contributed by atoms with E-state index in [2.05, 4.69) is 18.2 Å². The second kappa shape index (κ2) is 8.35.